The quantitative estimate of drug-likeness (QED) is 0.874. The van der Waals surface area contributed by atoms with Crippen LogP contribution in [-0.4, -0.2) is 19.4 Å². The number of aromatic nitrogens is 1. The number of hydrogen-bond donors (Lipinski definition) is 1. The highest BCUT2D eigenvalue weighted by molar-refractivity contribution is 7.89. The van der Waals surface area contributed by atoms with Gasteiger partial charge in [0, 0.05) is 12.2 Å². The van der Waals surface area contributed by atoms with Crippen molar-refractivity contribution in [3.8, 4) is 0 Å². The summed E-state index contributed by atoms with van der Waals surface area (Å²) in [6.45, 7) is 2.06. The predicted molar refractivity (Wildman–Crippen MR) is 61.3 cm³/mol. The maximum Gasteiger partial charge on any atom is 0.261 e. The summed E-state index contributed by atoms with van der Waals surface area (Å²) in [5.74, 6) is -0.422. The Morgan fingerprint density at radius 1 is 1.59 bits per heavy atom. The number of nitrogens with zero attached hydrogens (tertiary/aromatic N) is 1. The van der Waals surface area contributed by atoms with E-state index in [0.29, 0.717) is 5.92 Å². The van der Waals surface area contributed by atoms with Crippen molar-refractivity contribution in [1.29, 1.82) is 0 Å². The lowest BCUT2D eigenvalue weighted by Crippen LogP contribution is -2.28. The van der Waals surface area contributed by atoms with Gasteiger partial charge in [0.05, 0.1) is 0 Å². The van der Waals surface area contributed by atoms with E-state index in [1.165, 1.54) is 12.3 Å². The molecule has 1 saturated carbocycles. The normalized spacial score (nSPS) is 23.6. The fourth-order valence-corrected chi connectivity index (χ4v) is 3.23. The van der Waals surface area contributed by atoms with Crippen molar-refractivity contribution in [2.24, 2.45) is 5.92 Å². The minimum atomic E-state index is -3.82. The van der Waals surface area contributed by atoms with E-state index in [9.17, 15) is 12.8 Å². The molecule has 0 aliphatic heterocycles. The second kappa shape index (κ2) is 4.70. The average molecular weight is 258 g/mol. The maximum atomic E-state index is 13.3. The van der Waals surface area contributed by atoms with Gasteiger partial charge in [0.15, 0.2) is 5.82 Å². The number of sulfonamides is 1. The van der Waals surface area contributed by atoms with E-state index in [2.05, 4.69) is 16.6 Å². The number of halogens is 1. The first-order valence-electron chi connectivity index (χ1n) is 5.67. The third-order valence-corrected chi connectivity index (χ3v) is 4.29. The third kappa shape index (κ3) is 2.81. The number of hydrogen-bond acceptors (Lipinski definition) is 3. The molecule has 1 aromatic rings. The van der Waals surface area contributed by atoms with Crippen molar-refractivity contribution < 1.29 is 12.8 Å². The van der Waals surface area contributed by atoms with Gasteiger partial charge in [0.25, 0.3) is 10.0 Å². The first kappa shape index (κ1) is 12.4. The first-order chi connectivity index (χ1) is 8.04. The second-order valence-corrected chi connectivity index (χ2v) is 5.93. The van der Waals surface area contributed by atoms with Crippen molar-refractivity contribution in [3.05, 3.63) is 24.1 Å². The summed E-state index contributed by atoms with van der Waals surface area (Å²) in [4.78, 5) is 3.58. The van der Waals surface area contributed by atoms with Crippen molar-refractivity contribution in [3.63, 3.8) is 0 Å². The van der Waals surface area contributed by atoms with E-state index in [-0.39, 0.29) is 6.04 Å². The lowest BCUT2D eigenvalue weighted by molar-refractivity contribution is 0.540. The zero-order chi connectivity index (χ0) is 12.5. The van der Waals surface area contributed by atoms with Gasteiger partial charge in [-0.1, -0.05) is 13.3 Å². The zero-order valence-corrected chi connectivity index (χ0v) is 10.4. The third-order valence-electron chi connectivity index (χ3n) is 2.87. The Kier molecular flexibility index (Phi) is 3.44. The van der Waals surface area contributed by atoms with Crippen LogP contribution in [0.2, 0.25) is 0 Å². The molecule has 1 fully saturated rings. The molecule has 2 rings (SSSR count). The van der Waals surface area contributed by atoms with Crippen LogP contribution in [-0.2, 0) is 10.0 Å². The fourth-order valence-electron chi connectivity index (χ4n) is 1.91. The fraction of sp³-hybridized carbons (Fsp3) is 0.545. The number of rotatable bonds is 5. The lowest BCUT2D eigenvalue weighted by atomic mass is 10.2. The van der Waals surface area contributed by atoms with Crippen LogP contribution < -0.4 is 4.72 Å². The number of nitrogens with one attached hydrogen (secondary N) is 1. The van der Waals surface area contributed by atoms with Gasteiger partial charge in [-0.25, -0.2) is 22.5 Å². The molecular weight excluding hydrogens is 243 g/mol. The summed E-state index contributed by atoms with van der Waals surface area (Å²) in [6.07, 6.45) is 4.13. The topological polar surface area (TPSA) is 59.1 Å². The molecule has 0 radical (unpaired) electrons. The van der Waals surface area contributed by atoms with E-state index >= 15 is 0 Å². The molecule has 1 aromatic heterocycles. The molecule has 1 N–H and O–H groups in total. The Balaban J connectivity index is 2.08. The van der Waals surface area contributed by atoms with Gasteiger partial charge in [-0.3, -0.25) is 0 Å². The molecule has 6 heteroatoms. The largest absolute Gasteiger partial charge is 0.261 e. The maximum absolute atomic E-state index is 13.3. The highest BCUT2D eigenvalue weighted by Crippen LogP contribution is 2.35. The van der Waals surface area contributed by atoms with E-state index in [1.807, 2.05) is 0 Å². The van der Waals surface area contributed by atoms with Gasteiger partial charge < -0.3 is 0 Å². The van der Waals surface area contributed by atoms with Crippen molar-refractivity contribution in [1.82, 2.24) is 9.71 Å². The minimum absolute atomic E-state index is 0.0543. The van der Waals surface area contributed by atoms with Crippen LogP contribution in [0.5, 0.6) is 0 Å². The number of pyridine rings is 1. The molecule has 17 heavy (non-hydrogen) atoms. The highest BCUT2D eigenvalue weighted by atomic mass is 32.2. The SMILES string of the molecule is CCCC1CC1NS(=O)(=O)c1ncccc1F. The molecule has 94 valence electrons. The lowest BCUT2D eigenvalue weighted by Gasteiger charge is -2.05. The van der Waals surface area contributed by atoms with E-state index in [4.69, 9.17) is 0 Å². The van der Waals surface area contributed by atoms with Crippen LogP contribution in [0.1, 0.15) is 26.2 Å². The van der Waals surface area contributed by atoms with Crippen molar-refractivity contribution >= 4 is 10.0 Å². The van der Waals surface area contributed by atoms with Crippen molar-refractivity contribution in [2.75, 3.05) is 0 Å². The molecule has 2 unspecified atom stereocenters. The van der Waals surface area contributed by atoms with Gasteiger partial charge in [0.1, 0.15) is 0 Å². The standard InChI is InChI=1S/C11H15FN2O2S/c1-2-4-8-7-10(8)14-17(15,16)11-9(12)5-3-6-13-11/h3,5-6,8,10,14H,2,4,7H2,1H3. The molecule has 0 spiro atoms. The van der Waals surface area contributed by atoms with Crippen LogP contribution in [0.4, 0.5) is 4.39 Å². The summed E-state index contributed by atoms with van der Waals surface area (Å²) in [5, 5.41) is -0.512. The minimum Gasteiger partial charge on any atom is -0.241 e. The molecule has 1 aliphatic rings. The molecule has 4 nitrogen and oxygen atoms in total. The molecule has 0 bridgehead atoms. The van der Waals surface area contributed by atoms with Crippen LogP contribution in [0, 0.1) is 11.7 Å². The van der Waals surface area contributed by atoms with Crippen LogP contribution in [0.3, 0.4) is 0 Å². The molecule has 2 atom stereocenters. The smallest absolute Gasteiger partial charge is 0.241 e. The Morgan fingerprint density at radius 3 is 3.00 bits per heavy atom. The Morgan fingerprint density at radius 2 is 2.35 bits per heavy atom. The van der Waals surface area contributed by atoms with E-state index < -0.39 is 20.9 Å². The molecule has 1 aliphatic carbocycles. The van der Waals surface area contributed by atoms with Crippen molar-refractivity contribution in [2.45, 2.75) is 37.3 Å². The molecule has 1 heterocycles. The van der Waals surface area contributed by atoms with Gasteiger partial charge >= 0.3 is 0 Å². The highest BCUT2D eigenvalue weighted by Gasteiger charge is 2.40. The predicted octanol–water partition coefficient (Wildman–Crippen LogP) is 1.69. The summed E-state index contributed by atoms with van der Waals surface area (Å²) in [5.41, 5.74) is 0. The van der Waals surface area contributed by atoms with Gasteiger partial charge in [0.2, 0.25) is 5.03 Å². The second-order valence-electron chi connectivity index (χ2n) is 4.30. The summed E-state index contributed by atoms with van der Waals surface area (Å²) >= 11 is 0. The summed E-state index contributed by atoms with van der Waals surface area (Å²) in [6, 6.07) is 2.41. The zero-order valence-electron chi connectivity index (χ0n) is 9.56. The van der Waals surface area contributed by atoms with Gasteiger partial charge in [-0.15, -0.1) is 0 Å². The van der Waals surface area contributed by atoms with E-state index in [1.54, 1.807) is 0 Å². The first-order valence-corrected chi connectivity index (χ1v) is 7.15. The van der Waals surface area contributed by atoms with Crippen LogP contribution in [0.25, 0.3) is 0 Å². The van der Waals surface area contributed by atoms with Crippen LogP contribution in [0.15, 0.2) is 23.4 Å². The molecular formula is C11H15FN2O2S. The Bertz CT molecular complexity index is 504. The average Bonchev–Trinajstić information content (AvgIpc) is 2.96. The van der Waals surface area contributed by atoms with Gasteiger partial charge in [-0.2, -0.15) is 0 Å². The van der Waals surface area contributed by atoms with Gasteiger partial charge in [-0.05, 0) is 30.9 Å². The van der Waals surface area contributed by atoms with E-state index in [0.717, 1.165) is 25.3 Å². The molecule has 0 amide bonds. The summed E-state index contributed by atoms with van der Waals surface area (Å²) in [7, 11) is -3.82. The Hall–Kier alpha value is -1.01. The monoisotopic (exact) mass is 258 g/mol. The molecule has 0 aromatic carbocycles. The Labute approximate surface area is 100 Å². The molecule has 0 saturated heterocycles. The van der Waals surface area contributed by atoms with Crippen LogP contribution >= 0.6 is 0 Å². The summed E-state index contributed by atoms with van der Waals surface area (Å²) < 4.78 is 39.5.